The van der Waals surface area contributed by atoms with E-state index in [1.165, 1.54) is 0 Å². The molecule has 0 unspecified atom stereocenters. The third-order valence-corrected chi connectivity index (χ3v) is 3.83. The predicted molar refractivity (Wildman–Crippen MR) is 74.2 cm³/mol. The van der Waals surface area contributed by atoms with Crippen LogP contribution in [-0.2, 0) is 0 Å². The highest BCUT2D eigenvalue weighted by atomic mass is 32.2. The number of nitrogen functional groups attached to an aromatic ring is 1. The van der Waals surface area contributed by atoms with Crippen LogP contribution in [0.5, 0.6) is 0 Å². The number of thioether (sulfide) groups is 1. The summed E-state index contributed by atoms with van der Waals surface area (Å²) < 4.78 is 0. The van der Waals surface area contributed by atoms with E-state index in [1.54, 1.807) is 11.8 Å². The van der Waals surface area contributed by atoms with Gasteiger partial charge in [-0.15, -0.1) is 11.8 Å². The fourth-order valence-electron chi connectivity index (χ4n) is 1.30. The van der Waals surface area contributed by atoms with Gasteiger partial charge < -0.3 is 5.43 Å². The average Bonchev–Trinajstić information content (AvgIpc) is 2.27. The fraction of sp³-hybridized carbons (Fsp3) is 0.667. The van der Waals surface area contributed by atoms with Gasteiger partial charge in [-0.25, -0.2) is 15.8 Å². The van der Waals surface area contributed by atoms with E-state index >= 15 is 0 Å². The van der Waals surface area contributed by atoms with Crippen molar-refractivity contribution in [3.05, 3.63) is 11.4 Å². The molecule has 0 saturated carbocycles. The van der Waals surface area contributed by atoms with Crippen molar-refractivity contribution in [1.82, 2.24) is 9.97 Å². The summed E-state index contributed by atoms with van der Waals surface area (Å²) in [5.41, 5.74) is 3.68. The van der Waals surface area contributed by atoms with Crippen molar-refractivity contribution in [1.29, 1.82) is 0 Å². The molecule has 3 N–H and O–H groups in total. The van der Waals surface area contributed by atoms with E-state index in [2.05, 4.69) is 43.1 Å². The molecular weight excluding hydrogens is 232 g/mol. The Balaban J connectivity index is 3.04. The van der Waals surface area contributed by atoms with E-state index in [9.17, 15) is 0 Å². The first-order valence-corrected chi connectivity index (χ1v) is 6.92. The molecule has 0 fully saturated rings. The van der Waals surface area contributed by atoms with E-state index < -0.39 is 0 Å². The maximum atomic E-state index is 5.49. The van der Waals surface area contributed by atoms with Crippen molar-refractivity contribution < 1.29 is 0 Å². The van der Waals surface area contributed by atoms with Gasteiger partial charge in [0.05, 0.1) is 0 Å². The normalized spacial score (nSPS) is 11.3. The Hall–Kier alpha value is -0.810. The lowest BCUT2D eigenvalue weighted by molar-refractivity contribution is 0.737. The smallest absolute Gasteiger partial charge is 0.147 e. The Morgan fingerprint density at radius 1 is 1.24 bits per heavy atom. The van der Waals surface area contributed by atoms with E-state index in [0.717, 1.165) is 28.0 Å². The van der Waals surface area contributed by atoms with Gasteiger partial charge in [-0.05, 0) is 12.8 Å². The first-order valence-electron chi connectivity index (χ1n) is 5.93. The van der Waals surface area contributed by atoms with Crippen LogP contribution in [0.25, 0.3) is 0 Å². The van der Waals surface area contributed by atoms with E-state index in [4.69, 9.17) is 5.84 Å². The predicted octanol–water partition coefficient (Wildman–Crippen LogP) is 2.94. The maximum Gasteiger partial charge on any atom is 0.147 e. The van der Waals surface area contributed by atoms with Gasteiger partial charge in [0.1, 0.15) is 16.7 Å². The number of aromatic nitrogens is 2. The van der Waals surface area contributed by atoms with Crippen molar-refractivity contribution in [3.63, 3.8) is 0 Å². The summed E-state index contributed by atoms with van der Waals surface area (Å²) in [5.74, 6) is 9.07. The minimum absolute atomic E-state index is 0.307. The summed E-state index contributed by atoms with van der Waals surface area (Å²) in [6.07, 6.45) is 0. The highest BCUT2D eigenvalue weighted by Gasteiger charge is 2.13. The molecule has 1 aromatic rings. The first-order chi connectivity index (χ1) is 7.95. The lowest BCUT2D eigenvalue weighted by atomic mass is 10.2. The van der Waals surface area contributed by atoms with Gasteiger partial charge in [-0.2, -0.15) is 0 Å². The van der Waals surface area contributed by atoms with Crippen LogP contribution < -0.4 is 11.3 Å². The second-order valence-electron chi connectivity index (χ2n) is 4.86. The van der Waals surface area contributed by atoms with E-state index in [0.29, 0.717) is 11.8 Å². The van der Waals surface area contributed by atoms with Gasteiger partial charge in [0.2, 0.25) is 0 Å². The van der Waals surface area contributed by atoms with Gasteiger partial charge in [0, 0.05) is 17.2 Å². The highest BCUT2D eigenvalue weighted by Crippen LogP contribution is 2.27. The van der Waals surface area contributed by atoms with Crippen LogP contribution in [0.1, 0.15) is 45.0 Å². The van der Waals surface area contributed by atoms with Gasteiger partial charge in [-0.1, -0.05) is 27.7 Å². The lowest BCUT2D eigenvalue weighted by Crippen LogP contribution is -2.14. The van der Waals surface area contributed by atoms with Crippen molar-refractivity contribution in [2.24, 2.45) is 11.8 Å². The molecule has 0 amide bonds. The Morgan fingerprint density at radius 3 is 2.35 bits per heavy atom. The van der Waals surface area contributed by atoms with E-state index in [1.807, 2.05) is 6.92 Å². The summed E-state index contributed by atoms with van der Waals surface area (Å²) in [6.45, 7) is 10.6. The number of hydrogen-bond donors (Lipinski definition) is 2. The minimum Gasteiger partial charge on any atom is -0.308 e. The van der Waals surface area contributed by atoms with Crippen molar-refractivity contribution >= 4 is 17.6 Å². The number of hydrazine groups is 1. The third-order valence-electron chi connectivity index (χ3n) is 2.32. The molecule has 1 rings (SSSR count). The minimum atomic E-state index is 0.307. The second kappa shape index (κ2) is 6.21. The second-order valence-corrected chi connectivity index (χ2v) is 5.87. The standard InChI is InChI=1S/C12H22N4S/c1-7(2)6-17-12-9(5)11(16-13)14-10(15-12)8(3)4/h7-8H,6,13H2,1-5H3,(H,14,15,16). The number of nitrogens with zero attached hydrogens (tertiary/aromatic N) is 2. The largest absolute Gasteiger partial charge is 0.308 e. The number of nitrogens with one attached hydrogen (secondary N) is 1. The van der Waals surface area contributed by atoms with Crippen LogP contribution in [-0.4, -0.2) is 15.7 Å². The van der Waals surface area contributed by atoms with Gasteiger partial charge in [0.25, 0.3) is 0 Å². The molecule has 5 heteroatoms. The molecule has 1 heterocycles. The molecule has 0 aromatic carbocycles. The summed E-state index contributed by atoms with van der Waals surface area (Å²) in [4.78, 5) is 9.03. The van der Waals surface area contributed by atoms with Crippen LogP contribution in [0.15, 0.2) is 5.03 Å². The molecule has 0 spiro atoms. The molecule has 0 aliphatic carbocycles. The summed E-state index contributed by atoms with van der Waals surface area (Å²) in [7, 11) is 0. The van der Waals surface area contributed by atoms with Crippen LogP contribution in [0, 0.1) is 12.8 Å². The van der Waals surface area contributed by atoms with Gasteiger partial charge in [0.15, 0.2) is 0 Å². The summed E-state index contributed by atoms with van der Waals surface area (Å²) in [6, 6.07) is 0. The van der Waals surface area contributed by atoms with Gasteiger partial charge >= 0.3 is 0 Å². The molecule has 0 bridgehead atoms. The summed E-state index contributed by atoms with van der Waals surface area (Å²) in [5, 5.41) is 1.03. The van der Waals surface area contributed by atoms with Crippen LogP contribution >= 0.6 is 11.8 Å². The Morgan fingerprint density at radius 2 is 1.88 bits per heavy atom. The zero-order chi connectivity index (χ0) is 13.0. The molecule has 4 nitrogen and oxygen atoms in total. The van der Waals surface area contributed by atoms with Crippen molar-refractivity contribution in [3.8, 4) is 0 Å². The maximum absolute atomic E-state index is 5.49. The topological polar surface area (TPSA) is 63.8 Å². The molecule has 1 aromatic heterocycles. The molecule has 0 radical (unpaired) electrons. The van der Waals surface area contributed by atoms with Crippen molar-refractivity contribution in [2.45, 2.75) is 45.6 Å². The number of rotatable bonds is 5. The molecule has 0 saturated heterocycles. The molecule has 0 aliphatic heterocycles. The molecule has 96 valence electrons. The zero-order valence-electron chi connectivity index (χ0n) is 11.2. The Kier molecular flexibility index (Phi) is 5.21. The number of nitrogens with two attached hydrogens (primary N) is 1. The third kappa shape index (κ3) is 3.85. The van der Waals surface area contributed by atoms with Crippen LogP contribution in [0.2, 0.25) is 0 Å². The Bertz CT molecular complexity index is 377. The van der Waals surface area contributed by atoms with E-state index in [-0.39, 0.29) is 0 Å². The zero-order valence-corrected chi connectivity index (χ0v) is 12.1. The highest BCUT2D eigenvalue weighted by molar-refractivity contribution is 7.99. The molecular formula is C12H22N4S. The van der Waals surface area contributed by atoms with Gasteiger partial charge in [-0.3, -0.25) is 0 Å². The number of anilines is 1. The lowest BCUT2D eigenvalue weighted by Gasteiger charge is -2.13. The van der Waals surface area contributed by atoms with Crippen LogP contribution in [0.4, 0.5) is 5.82 Å². The molecule has 17 heavy (non-hydrogen) atoms. The summed E-state index contributed by atoms with van der Waals surface area (Å²) >= 11 is 1.77. The van der Waals surface area contributed by atoms with Crippen LogP contribution in [0.3, 0.4) is 0 Å². The number of hydrogen-bond acceptors (Lipinski definition) is 5. The quantitative estimate of drug-likeness (QED) is 0.366. The first kappa shape index (κ1) is 14.3. The monoisotopic (exact) mass is 254 g/mol. The molecule has 0 atom stereocenters. The molecule has 0 aliphatic rings. The Labute approximate surface area is 108 Å². The fourth-order valence-corrected chi connectivity index (χ4v) is 2.26. The average molecular weight is 254 g/mol. The SMILES string of the molecule is Cc1c(NN)nc(C(C)C)nc1SCC(C)C. The van der Waals surface area contributed by atoms with Crippen molar-refractivity contribution in [2.75, 3.05) is 11.2 Å².